The zero-order valence-corrected chi connectivity index (χ0v) is 15.2. The average molecular weight is 363 g/mol. The number of hydrogen-bond acceptors (Lipinski definition) is 6. The molecule has 0 aliphatic rings. The lowest BCUT2D eigenvalue weighted by atomic mass is 10.1. The van der Waals surface area contributed by atoms with Gasteiger partial charge in [-0.05, 0) is 36.6 Å². The molecule has 2 aromatic rings. The number of carbonyl (C=O) groups excluding carboxylic acids is 2. The van der Waals surface area contributed by atoms with E-state index >= 15 is 0 Å². The Bertz CT molecular complexity index is 714. The van der Waals surface area contributed by atoms with Crippen molar-refractivity contribution in [3.63, 3.8) is 0 Å². The summed E-state index contributed by atoms with van der Waals surface area (Å²) in [5.74, 6) is 0.368. The van der Waals surface area contributed by atoms with E-state index in [4.69, 9.17) is 14.2 Å². The number of thiophene rings is 1. The Kier molecular flexibility index (Phi) is 6.82. The fraction of sp³-hybridized carbons (Fsp3) is 0.333. The van der Waals surface area contributed by atoms with Crippen molar-refractivity contribution in [1.29, 1.82) is 0 Å². The maximum absolute atomic E-state index is 12.6. The third-order valence-electron chi connectivity index (χ3n) is 3.52. The van der Waals surface area contributed by atoms with E-state index in [9.17, 15) is 9.59 Å². The normalized spacial score (nSPS) is 11.5. The van der Waals surface area contributed by atoms with Crippen LogP contribution in [0, 0.1) is 0 Å². The van der Waals surface area contributed by atoms with Gasteiger partial charge in [-0.2, -0.15) is 0 Å². The van der Waals surface area contributed by atoms with Crippen molar-refractivity contribution in [2.75, 3.05) is 20.8 Å². The molecule has 2 rings (SSSR count). The monoisotopic (exact) mass is 363 g/mol. The van der Waals surface area contributed by atoms with E-state index in [1.165, 1.54) is 25.6 Å². The zero-order valence-electron chi connectivity index (χ0n) is 14.4. The molecule has 1 aromatic carbocycles. The van der Waals surface area contributed by atoms with Crippen molar-refractivity contribution in [1.82, 2.24) is 5.32 Å². The van der Waals surface area contributed by atoms with Gasteiger partial charge in [0.25, 0.3) is 5.91 Å². The Labute approximate surface area is 150 Å². The fourth-order valence-electron chi connectivity index (χ4n) is 2.29. The first kappa shape index (κ1) is 18.8. The van der Waals surface area contributed by atoms with Crippen LogP contribution in [0.25, 0.3) is 0 Å². The van der Waals surface area contributed by atoms with E-state index in [1.54, 1.807) is 18.2 Å². The predicted molar refractivity (Wildman–Crippen MR) is 95.3 cm³/mol. The van der Waals surface area contributed by atoms with E-state index < -0.39 is 6.04 Å². The van der Waals surface area contributed by atoms with Crippen LogP contribution in [0.5, 0.6) is 11.5 Å². The molecule has 1 atom stereocenters. The number of methoxy groups -OCH3 is 2. The topological polar surface area (TPSA) is 73.9 Å². The predicted octanol–water partition coefficient (Wildman–Crippen LogP) is 3.19. The highest BCUT2D eigenvalue weighted by atomic mass is 32.1. The van der Waals surface area contributed by atoms with Crippen LogP contribution in [-0.2, 0) is 9.53 Å². The van der Waals surface area contributed by atoms with E-state index in [0.717, 1.165) is 4.88 Å². The molecule has 0 aliphatic heterocycles. The van der Waals surface area contributed by atoms with E-state index in [2.05, 4.69) is 5.32 Å². The number of esters is 1. The molecule has 1 N–H and O–H groups in total. The number of amides is 1. The minimum atomic E-state index is -0.447. The summed E-state index contributed by atoms with van der Waals surface area (Å²) in [6.07, 6.45) is 0.0664. The molecule has 0 saturated heterocycles. The number of benzene rings is 1. The van der Waals surface area contributed by atoms with Crippen molar-refractivity contribution in [2.24, 2.45) is 0 Å². The highest BCUT2D eigenvalue weighted by Gasteiger charge is 2.21. The smallest absolute Gasteiger partial charge is 0.307 e. The van der Waals surface area contributed by atoms with Crippen LogP contribution in [0.4, 0.5) is 0 Å². The van der Waals surface area contributed by atoms with Gasteiger partial charge in [0.05, 0.1) is 33.3 Å². The molecule has 134 valence electrons. The van der Waals surface area contributed by atoms with Crippen LogP contribution in [0.3, 0.4) is 0 Å². The standard InChI is InChI=1S/C18H21NO5S/c1-4-24-14-8-7-12(10-15(14)22-2)18(21)19-13(11-17(20)23-3)16-6-5-9-25-16/h5-10,13H,4,11H2,1-3H3,(H,19,21)/t13-/m1/s1. The van der Waals surface area contributed by atoms with Crippen LogP contribution in [-0.4, -0.2) is 32.7 Å². The first-order valence-corrected chi connectivity index (χ1v) is 8.68. The molecule has 6 nitrogen and oxygen atoms in total. The number of ether oxygens (including phenoxy) is 3. The Morgan fingerprint density at radius 3 is 2.60 bits per heavy atom. The van der Waals surface area contributed by atoms with Gasteiger partial charge in [-0.15, -0.1) is 11.3 Å². The van der Waals surface area contributed by atoms with Gasteiger partial charge in [0.1, 0.15) is 0 Å². The van der Waals surface area contributed by atoms with Gasteiger partial charge in [0.15, 0.2) is 11.5 Å². The highest BCUT2D eigenvalue weighted by molar-refractivity contribution is 7.10. The third kappa shape index (κ3) is 4.96. The Balaban J connectivity index is 2.18. The number of carbonyl (C=O) groups is 2. The first-order valence-electron chi connectivity index (χ1n) is 7.81. The SMILES string of the molecule is CCOc1ccc(C(=O)N[C@H](CC(=O)OC)c2cccs2)cc1OC. The molecule has 0 unspecified atom stereocenters. The largest absolute Gasteiger partial charge is 0.493 e. The molecular weight excluding hydrogens is 342 g/mol. The fourth-order valence-corrected chi connectivity index (χ4v) is 3.07. The second-order valence-electron chi connectivity index (χ2n) is 5.12. The maximum Gasteiger partial charge on any atom is 0.307 e. The molecule has 0 fully saturated rings. The van der Waals surface area contributed by atoms with Crippen molar-refractivity contribution < 1.29 is 23.8 Å². The summed E-state index contributed by atoms with van der Waals surface area (Å²) in [5, 5.41) is 4.77. The van der Waals surface area contributed by atoms with Crippen molar-refractivity contribution in [2.45, 2.75) is 19.4 Å². The highest BCUT2D eigenvalue weighted by Crippen LogP contribution is 2.29. The lowest BCUT2D eigenvalue weighted by molar-refractivity contribution is -0.141. The molecule has 25 heavy (non-hydrogen) atoms. The lowest BCUT2D eigenvalue weighted by Crippen LogP contribution is -2.30. The Morgan fingerprint density at radius 2 is 2.00 bits per heavy atom. The Morgan fingerprint density at radius 1 is 1.20 bits per heavy atom. The lowest BCUT2D eigenvalue weighted by Gasteiger charge is -2.17. The van der Waals surface area contributed by atoms with Crippen LogP contribution in [0.15, 0.2) is 35.7 Å². The second-order valence-corrected chi connectivity index (χ2v) is 6.10. The summed E-state index contributed by atoms with van der Waals surface area (Å²) in [6, 6.07) is 8.26. The van der Waals surface area contributed by atoms with Crippen LogP contribution >= 0.6 is 11.3 Å². The average Bonchev–Trinajstić information content (AvgIpc) is 3.16. The van der Waals surface area contributed by atoms with Gasteiger partial charge >= 0.3 is 5.97 Å². The van der Waals surface area contributed by atoms with E-state index in [-0.39, 0.29) is 18.3 Å². The molecule has 1 amide bonds. The van der Waals surface area contributed by atoms with E-state index in [0.29, 0.717) is 23.7 Å². The summed E-state index contributed by atoms with van der Waals surface area (Å²) in [5.41, 5.74) is 0.423. The molecule has 7 heteroatoms. The first-order chi connectivity index (χ1) is 12.1. The molecule has 0 bridgehead atoms. The van der Waals surface area contributed by atoms with Gasteiger partial charge in [0.2, 0.25) is 0 Å². The zero-order chi connectivity index (χ0) is 18.2. The third-order valence-corrected chi connectivity index (χ3v) is 4.50. The minimum absolute atomic E-state index is 0.0664. The summed E-state index contributed by atoms with van der Waals surface area (Å²) in [7, 11) is 2.85. The molecule has 0 aliphatic carbocycles. The number of hydrogen-bond donors (Lipinski definition) is 1. The van der Waals surface area contributed by atoms with Crippen LogP contribution in [0.2, 0.25) is 0 Å². The Hall–Kier alpha value is -2.54. The molecule has 0 radical (unpaired) electrons. The van der Waals surface area contributed by atoms with Crippen LogP contribution in [0.1, 0.15) is 34.6 Å². The summed E-state index contributed by atoms with van der Waals surface area (Å²) >= 11 is 1.47. The van der Waals surface area contributed by atoms with Gasteiger partial charge < -0.3 is 19.5 Å². The number of rotatable bonds is 8. The van der Waals surface area contributed by atoms with Gasteiger partial charge in [-0.1, -0.05) is 6.07 Å². The summed E-state index contributed by atoms with van der Waals surface area (Å²) in [6.45, 7) is 2.37. The second kappa shape index (κ2) is 9.08. The molecule has 0 saturated carbocycles. The quantitative estimate of drug-likeness (QED) is 0.729. The molecule has 0 spiro atoms. The summed E-state index contributed by atoms with van der Waals surface area (Å²) in [4.78, 5) is 25.1. The van der Waals surface area contributed by atoms with Gasteiger partial charge in [-0.3, -0.25) is 9.59 Å². The van der Waals surface area contributed by atoms with Crippen molar-refractivity contribution >= 4 is 23.2 Å². The van der Waals surface area contributed by atoms with Gasteiger partial charge in [0, 0.05) is 10.4 Å². The molecular formula is C18H21NO5S. The summed E-state index contributed by atoms with van der Waals surface area (Å²) < 4.78 is 15.4. The maximum atomic E-state index is 12.6. The van der Waals surface area contributed by atoms with Crippen molar-refractivity contribution in [3.05, 3.63) is 46.2 Å². The minimum Gasteiger partial charge on any atom is -0.493 e. The van der Waals surface area contributed by atoms with Crippen molar-refractivity contribution in [3.8, 4) is 11.5 Å². The van der Waals surface area contributed by atoms with Gasteiger partial charge in [-0.25, -0.2) is 0 Å². The number of nitrogens with one attached hydrogen (secondary N) is 1. The van der Waals surface area contributed by atoms with E-state index in [1.807, 2.05) is 24.4 Å². The molecule has 1 heterocycles. The molecule has 1 aromatic heterocycles. The van der Waals surface area contributed by atoms with Crippen LogP contribution < -0.4 is 14.8 Å².